The zero-order chi connectivity index (χ0) is 21.2. The van der Waals surface area contributed by atoms with Crippen molar-refractivity contribution in [1.29, 1.82) is 0 Å². The maximum atomic E-state index is 12.8. The van der Waals surface area contributed by atoms with Crippen LogP contribution in [0.15, 0.2) is 53.9 Å². The van der Waals surface area contributed by atoms with Crippen molar-refractivity contribution in [3.63, 3.8) is 0 Å². The minimum atomic E-state index is -0.0490. The van der Waals surface area contributed by atoms with Gasteiger partial charge in [0.1, 0.15) is 22.5 Å². The van der Waals surface area contributed by atoms with Gasteiger partial charge in [0.05, 0.1) is 0 Å². The molecule has 0 saturated heterocycles. The number of benzene rings is 2. The molecule has 0 spiro atoms. The van der Waals surface area contributed by atoms with Crippen LogP contribution in [0.25, 0.3) is 16.7 Å². The Morgan fingerprint density at radius 1 is 1.13 bits per heavy atom. The molecular weight excluding hydrogens is 412 g/mol. The second kappa shape index (κ2) is 8.49. The lowest BCUT2D eigenvalue weighted by Gasteiger charge is -2.27. The molecule has 0 radical (unpaired) electrons. The minimum absolute atomic E-state index is 0.0409. The normalized spacial score (nSPS) is 13.4. The Morgan fingerprint density at radius 3 is 2.71 bits per heavy atom. The molecule has 0 saturated carbocycles. The molecule has 2 aromatic carbocycles. The molecule has 2 aromatic heterocycles. The summed E-state index contributed by atoms with van der Waals surface area (Å²) in [6, 6.07) is 15.3. The smallest absolute Gasteiger partial charge is 0.260 e. The summed E-state index contributed by atoms with van der Waals surface area (Å²) in [7, 11) is 0. The Kier molecular flexibility index (Phi) is 5.40. The highest BCUT2D eigenvalue weighted by molar-refractivity contribution is 7.10. The first-order valence-electron chi connectivity index (χ1n) is 10.2. The van der Waals surface area contributed by atoms with Crippen molar-refractivity contribution in [3.8, 4) is 11.4 Å². The number of ether oxygens (including phenoxy) is 1. The maximum Gasteiger partial charge on any atom is 0.260 e. The summed E-state index contributed by atoms with van der Waals surface area (Å²) >= 11 is 1.75. The van der Waals surface area contributed by atoms with Crippen molar-refractivity contribution in [2.45, 2.75) is 19.4 Å². The molecule has 0 bridgehead atoms. The van der Waals surface area contributed by atoms with Gasteiger partial charge in [-0.05, 0) is 59.7 Å². The first-order valence-corrected chi connectivity index (χ1v) is 11.1. The summed E-state index contributed by atoms with van der Waals surface area (Å²) in [5.41, 5.74) is 4.37. The van der Waals surface area contributed by atoms with E-state index in [-0.39, 0.29) is 19.1 Å². The molecule has 31 heavy (non-hydrogen) atoms. The van der Waals surface area contributed by atoms with Gasteiger partial charge in [-0.15, -0.1) is 26.3 Å². The number of aliphatic hydroxyl groups excluding tert-OH is 1. The van der Waals surface area contributed by atoms with Gasteiger partial charge in [0.2, 0.25) is 0 Å². The van der Waals surface area contributed by atoms with E-state index in [4.69, 9.17) is 4.74 Å². The highest BCUT2D eigenvalue weighted by Gasteiger charge is 2.22. The van der Waals surface area contributed by atoms with Gasteiger partial charge in [-0.1, -0.05) is 18.2 Å². The van der Waals surface area contributed by atoms with Crippen LogP contribution in [-0.2, 0) is 24.2 Å². The van der Waals surface area contributed by atoms with Crippen molar-refractivity contribution in [2.75, 3.05) is 19.8 Å². The number of aromatic nitrogens is 3. The van der Waals surface area contributed by atoms with Gasteiger partial charge in [-0.2, -0.15) is 0 Å². The molecule has 7 nitrogen and oxygen atoms in total. The van der Waals surface area contributed by atoms with Gasteiger partial charge >= 0.3 is 0 Å². The van der Waals surface area contributed by atoms with E-state index in [1.165, 1.54) is 15.2 Å². The van der Waals surface area contributed by atoms with Crippen LogP contribution < -0.4 is 4.74 Å². The van der Waals surface area contributed by atoms with Crippen molar-refractivity contribution >= 4 is 28.3 Å². The number of aliphatic hydroxyl groups is 1. The average molecular weight is 435 g/mol. The lowest BCUT2D eigenvalue weighted by Crippen LogP contribution is -2.38. The standard InChI is InChI=1S/C23H22N4O3S/c28-11-8-16-5-6-21(20(13-16)27-24-18-3-1-2-4-19(18)25-27)30-15-23(29)26-10-7-22-17(14-26)9-12-31-22/h1-6,9,12-13,28H,7-8,10-11,14-15H2. The first kappa shape index (κ1) is 19.7. The lowest BCUT2D eigenvalue weighted by atomic mass is 10.1. The molecule has 1 amide bonds. The molecule has 3 heterocycles. The summed E-state index contributed by atoms with van der Waals surface area (Å²) in [5.74, 6) is 0.490. The largest absolute Gasteiger partial charge is 0.481 e. The van der Waals surface area contributed by atoms with E-state index in [0.29, 0.717) is 30.9 Å². The van der Waals surface area contributed by atoms with Crippen LogP contribution in [0.4, 0.5) is 0 Å². The van der Waals surface area contributed by atoms with Crippen LogP contribution in [0.5, 0.6) is 5.75 Å². The van der Waals surface area contributed by atoms with Crippen LogP contribution in [0.1, 0.15) is 16.0 Å². The molecule has 1 aliphatic heterocycles. The fraction of sp³-hybridized carbons (Fsp3) is 0.261. The number of rotatable bonds is 6. The van der Waals surface area contributed by atoms with Gasteiger partial charge in [-0.25, -0.2) is 0 Å². The van der Waals surface area contributed by atoms with E-state index in [1.807, 2.05) is 47.4 Å². The molecular formula is C23H22N4O3S. The Hall–Kier alpha value is -3.23. The first-order chi connectivity index (χ1) is 15.2. The maximum absolute atomic E-state index is 12.8. The lowest BCUT2D eigenvalue weighted by molar-refractivity contribution is -0.134. The molecule has 158 valence electrons. The van der Waals surface area contributed by atoms with Gasteiger partial charge in [0, 0.05) is 24.6 Å². The Labute approximate surface area is 183 Å². The van der Waals surface area contributed by atoms with Crippen LogP contribution in [0, 0.1) is 0 Å². The van der Waals surface area contributed by atoms with Crippen LogP contribution in [0.3, 0.4) is 0 Å². The monoisotopic (exact) mass is 434 g/mol. The highest BCUT2D eigenvalue weighted by Crippen LogP contribution is 2.26. The van der Waals surface area contributed by atoms with E-state index < -0.39 is 0 Å². The Morgan fingerprint density at radius 2 is 1.94 bits per heavy atom. The van der Waals surface area contributed by atoms with Crippen molar-refractivity contribution in [3.05, 3.63) is 69.9 Å². The third kappa shape index (κ3) is 4.04. The van der Waals surface area contributed by atoms with Gasteiger partial charge < -0.3 is 14.7 Å². The number of carbonyl (C=O) groups excluding carboxylic acids is 1. The van der Waals surface area contributed by atoms with E-state index in [9.17, 15) is 9.90 Å². The number of carbonyl (C=O) groups is 1. The zero-order valence-corrected chi connectivity index (χ0v) is 17.7. The molecule has 8 heteroatoms. The fourth-order valence-corrected chi connectivity index (χ4v) is 4.68. The summed E-state index contributed by atoms with van der Waals surface area (Å²) in [6.07, 6.45) is 1.41. The summed E-state index contributed by atoms with van der Waals surface area (Å²) in [6.45, 7) is 1.35. The summed E-state index contributed by atoms with van der Waals surface area (Å²) in [5, 5.41) is 20.5. The van der Waals surface area contributed by atoms with Crippen molar-refractivity contribution in [2.24, 2.45) is 0 Å². The van der Waals surface area contributed by atoms with Crippen LogP contribution in [-0.4, -0.2) is 50.7 Å². The number of nitrogens with zero attached hydrogens (tertiary/aromatic N) is 4. The van der Waals surface area contributed by atoms with Crippen LogP contribution >= 0.6 is 11.3 Å². The molecule has 0 aliphatic carbocycles. The molecule has 0 atom stereocenters. The second-order valence-electron chi connectivity index (χ2n) is 7.48. The van der Waals surface area contributed by atoms with Gasteiger partial charge in [0.15, 0.2) is 6.61 Å². The second-order valence-corrected chi connectivity index (χ2v) is 8.48. The Balaban J connectivity index is 1.37. The molecule has 5 rings (SSSR count). The van der Waals surface area contributed by atoms with Crippen LogP contribution in [0.2, 0.25) is 0 Å². The van der Waals surface area contributed by atoms with Gasteiger partial charge in [0.25, 0.3) is 5.91 Å². The minimum Gasteiger partial charge on any atom is -0.481 e. The molecule has 0 fully saturated rings. The predicted octanol–water partition coefficient (Wildman–Crippen LogP) is 2.98. The molecule has 4 aromatic rings. The average Bonchev–Trinajstić information content (AvgIpc) is 3.44. The number of thiophene rings is 1. The molecule has 1 aliphatic rings. The van der Waals surface area contributed by atoms with E-state index in [1.54, 1.807) is 11.3 Å². The predicted molar refractivity (Wildman–Crippen MR) is 119 cm³/mol. The van der Waals surface area contributed by atoms with Gasteiger partial charge in [-0.3, -0.25) is 4.79 Å². The highest BCUT2D eigenvalue weighted by atomic mass is 32.1. The quantitative estimate of drug-likeness (QED) is 0.505. The number of hydrogen-bond donors (Lipinski definition) is 1. The third-order valence-corrected chi connectivity index (χ3v) is 6.46. The topological polar surface area (TPSA) is 80.5 Å². The van der Waals surface area contributed by atoms with Crippen molar-refractivity contribution in [1.82, 2.24) is 19.9 Å². The zero-order valence-electron chi connectivity index (χ0n) is 16.9. The fourth-order valence-electron chi connectivity index (χ4n) is 3.79. The number of hydrogen-bond acceptors (Lipinski definition) is 6. The summed E-state index contributed by atoms with van der Waals surface area (Å²) in [4.78, 5) is 17.5. The van der Waals surface area contributed by atoms with Crippen molar-refractivity contribution < 1.29 is 14.6 Å². The number of amides is 1. The van der Waals surface area contributed by atoms with E-state index >= 15 is 0 Å². The summed E-state index contributed by atoms with van der Waals surface area (Å²) < 4.78 is 5.95. The SMILES string of the molecule is O=C(COc1ccc(CCO)cc1-n1nc2ccccc2n1)N1CCc2sccc2C1. The number of fused-ring (bicyclic) bond motifs is 2. The van der Waals surface area contributed by atoms with E-state index in [0.717, 1.165) is 23.0 Å². The third-order valence-electron chi connectivity index (χ3n) is 5.44. The Bertz CT molecular complexity index is 1200. The molecule has 1 N–H and O–H groups in total. The molecule has 0 unspecified atom stereocenters. The van der Waals surface area contributed by atoms with E-state index in [2.05, 4.69) is 21.6 Å².